The first-order valence-electron chi connectivity index (χ1n) is 15.1. The number of β-amino-alcohol motifs (C(OH)–C–C–N with tert-alkyl or cyclic N) is 1. The quantitative estimate of drug-likeness (QED) is 0.227. The highest BCUT2D eigenvalue weighted by Gasteiger charge is 2.44. The highest BCUT2D eigenvalue weighted by atomic mass is 32.1. The van der Waals surface area contributed by atoms with Gasteiger partial charge in [0.15, 0.2) is 0 Å². The number of carbonyl (C=O) groups excluding carboxylic acids is 3. The molecule has 3 amide bonds. The number of carbonyl (C=O) groups is 4. The fourth-order valence-corrected chi connectivity index (χ4v) is 6.15. The molecule has 10 nitrogen and oxygen atoms in total. The van der Waals surface area contributed by atoms with Gasteiger partial charge in [-0.25, -0.2) is 4.98 Å². The molecular weight excluding hydrogens is 568 g/mol. The first kappa shape index (κ1) is 34.2. The summed E-state index contributed by atoms with van der Waals surface area (Å²) in [6.07, 6.45) is 3.40. The van der Waals surface area contributed by atoms with Crippen molar-refractivity contribution in [3.05, 3.63) is 41.0 Å². The van der Waals surface area contributed by atoms with Crippen LogP contribution in [-0.2, 0) is 19.2 Å². The Labute approximate surface area is 258 Å². The Hall–Kier alpha value is -3.31. The van der Waals surface area contributed by atoms with Crippen LogP contribution in [0.3, 0.4) is 0 Å². The number of aromatic nitrogens is 1. The summed E-state index contributed by atoms with van der Waals surface area (Å²) in [6.45, 7) is 9.45. The first-order chi connectivity index (χ1) is 20.3. The van der Waals surface area contributed by atoms with Crippen LogP contribution < -0.4 is 10.6 Å². The van der Waals surface area contributed by atoms with Crippen molar-refractivity contribution in [1.82, 2.24) is 20.5 Å². The van der Waals surface area contributed by atoms with Crippen LogP contribution in [0.15, 0.2) is 29.8 Å². The van der Waals surface area contributed by atoms with Crippen LogP contribution in [-0.4, -0.2) is 68.5 Å². The molecule has 0 spiro atoms. The topological polar surface area (TPSA) is 149 Å². The van der Waals surface area contributed by atoms with E-state index in [4.69, 9.17) is 5.11 Å². The number of aliphatic carboxylic acids is 1. The van der Waals surface area contributed by atoms with Crippen molar-refractivity contribution in [1.29, 1.82) is 0 Å². The molecule has 2 aromatic rings. The number of hydrogen-bond acceptors (Lipinski definition) is 7. The summed E-state index contributed by atoms with van der Waals surface area (Å²) < 4.78 is 0. The second-order valence-corrected chi connectivity index (χ2v) is 13.4. The molecule has 1 aromatic carbocycles. The molecule has 43 heavy (non-hydrogen) atoms. The average Bonchev–Trinajstić information content (AvgIpc) is 3.55. The Balaban J connectivity index is 1.59. The van der Waals surface area contributed by atoms with E-state index in [-0.39, 0.29) is 49.6 Å². The molecule has 0 bridgehead atoms. The van der Waals surface area contributed by atoms with E-state index in [0.717, 1.165) is 41.0 Å². The molecule has 0 saturated carbocycles. The summed E-state index contributed by atoms with van der Waals surface area (Å²) in [7, 11) is 0. The predicted octanol–water partition coefficient (Wildman–Crippen LogP) is 4.60. The van der Waals surface area contributed by atoms with Gasteiger partial charge in [0.1, 0.15) is 12.1 Å². The molecule has 1 fully saturated rings. The van der Waals surface area contributed by atoms with Crippen molar-refractivity contribution in [2.45, 2.75) is 110 Å². The van der Waals surface area contributed by atoms with E-state index >= 15 is 0 Å². The fourth-order valence-electron chi connectivity index (χ4n) is 5.34. The van der Waals surface area contributed by atoms with Crippen molar-refractivity contribution in [3.8, 4) is 10.4 Å². The van der Waals surface area contributed by atoms with Crippen LogP contribution in [0.1, 0.15) is 96.4 Å². The molecule has 236 valence electrons. The van der Waals surface area contributed by atoms with Gasteiger partial charge < -0.3 is 25.7 Å². The van der Waals surface area contributed by atoms with Crippen LogP contribution in [0.2, 0.25) is 0 Å². The first-order valence-corrected chi connectivity index (χ1v) is 16.0. The number of carboxylic acids is 1. The van der Waals surface area contributed by atoms with E-state index in [0.29, 0.717) is 12.8 Å². The highest BCUT2D eigenvalue weighted by molar-refractivity contribution is 7.13. The van der Waals surface area contributed by atoms with Crippen LogP contribution in [0.5, 0.6) is 0 Å². The minimum atomic E-state index is -0.865. The van der Waals surface area contributed by atoms with Crippen LogP contribution in [0.25, 0.3) is 10.4 Å². The van der Waals surface area contributed by atoms with Crippen molar-refractivity contribution in [3.63, 3.8) is 0 Å². The van der Waals surface area contributed by atoms with E-state index in [9.17, 15) is 24.3 Å². The van der Waals surface area contributed by atoms with Crippen molar-refractivity contribution in [2.75, 3.05) is 6.54 Å². The van der Waals surface area contributed by atoms with E-state index in [1.165, 1.54) is 4.90 Å². The molecule has 3 rings (SSSR count). The molecule has 1 unspecified atom stereocenters. The zero-order chi connectivity index (χ0) is 31.7. The van der Waals surface area contributed by atoms with E-state index in [1.807, 2.05) is 64.4 Å². The second-order valence-electron chi connectivity index (χ2n) is 12.5. The summed E-state index contributed by atoms with van der Waals surface area (Å²) in [6, 6.07) is 5.90. The normalized spacial score (nSPS) is 18.2. The van der Waals surface area contributed by atoms with Gasteiger partial charge >= 0.3 is 5.97 Å². The maximum atomic E-state index is 13.8. The molecule has 1 saturated heterocycles. The van der Waals surface area contributed by atoms with Gasteiger partial charge in [-0.2, -0.15) is 0 Å². The lowest BCUT2D eigenvalue weighted by Gasteiger charge is -2.35. The van der Waals surface area contributed by atoms with Gasteiger partial charge in [0.05, 0.1) is 28.2 Å². The molecule has 2 heterocycles. The number of nitrogens with zero attached hydrogens (tertiary/aromatic N) is 2. The molecule has 0 aliphatic carbocycles. The lowest BCUT2D eigenvalue weighted by molar-refractivity contribution is -0.144. The minimum Gasteiger partial charge on any atom is -0.481 e. The van der Waals surface area contributed by atoms with Gasteiger partial charge in [-0.1, -0.05) is 64.3 Å². The number of likely N-dealkylation sites (tertiary alicyclic amines) is 1. The standard InChI is InChI=1S/C32H46N4O6S/c1-20(22-13-15-23(16-14-22)28-21(2)33-19-43-28)34-30(41)25-17-24(37)18-36(25)31(42)29(32(3,4)5)35-26(38)11-9-7-6-8-10-12-27(39)40/h13-16,19-20,24-25,29,37H,6-12,17-18H2,1-5H3,(H,34,41)(H,35,38)(H,39,40)/t20-,24+,25-,29?/m0/s1. The Morgan fingerprint density at radius 1 is 1.02 bits per heavy atom. The number of aliphatic hydroxyl groups is 1. The minimum absolute atomic E-state index is 0.0208. The maximum Gasteiger partial charge on any atom is 0.303 e. The third-order valence-corrected chi connectivity index (χ3v) is 8.83. The number of amides is 3. The third-order valence-electron chi connectivity index (χ3n) is 7.85. The third kappa shape index (κ3) is 9.86. The predicted molar refractivity (Wildman–Crippen MR) is 166 cm³/mol. The Bertz CT molecular complexity index is 1260. The number of thiazole rings is 1. The van der Waals surface area contributed by atoms with Crippen molar-refractivity contribution in [2.24, 2.45) is 5.41 Å². The summed E-state index contributed by atoms with van der Waals surface area (Å²) in [5.74, 6) is -1.78. The molecule has 1 aromatic heterocycles. The molecule has 1 aliphatic rings. The van der Waals surface area contributed by atoms with Gasteiger partial charge in [0, 0.05) is 25.8 Å². The average molecular weight is 615 g/mol. The van der Waals surface area contributed by atoms with Crippen molar-refractivity contribution >= 4 is 35.0 Å². The Morgan fingerprint density at radius 2 is 1.65 bits per heavy atom. The SMILES string of the molecule is Cc1ncsc1-c1ccc([C@H](C)NC(=O)[C@@H]2C[C@@H](O)CN2C(=O)C(NC(=O)CCCCCCCC(=O)O)C(C)(C)C)cc1. The fraction of sp³-hybridized carbons (Fsp3) is 0.594. The second kappa shape index (κ2) is 15.4. The number of hydrogen-bond donors (Lipinski definition) is 4. The summed E-state index contributed by atoms with van der Waals surface area (Å²) in [5, 5.41) is 25.1. The summed E-state index contributed by atoms with van der Waals surface area (Å²) >= 11 is 1.58. The monoisotopic (exact) mass is 614 g/mol. The van der Waals surface area contributed by atoms with Gasteiger partial charge in [0.25, 0.3) is 0 Å². The zero-order valence-electron chi connectivity index (χ0n) is 25.9. The van der Waals surface area contributed by atoms with Gasteiger partial charge in [-0.3, -0.25) is 19.2 Å². The number of aliphatic hydroxyl groups excluding tert-OH is 1. The van der Waals surface area contributed by atoms with Gasteiger partial charge in [-0.15, -0.1) is 11.3 Å². The molecule has 11 heteroatoms. The van der Waals surface area contributed by atoms with E-state index < -0.39 is 29.6 Å². The Morgan fingerprint density at radius 3 is 2.23 bits per heavy atom. The van der Waals surface area contributed by atoms with E-state index in [2.05, 4.69) is 15.6 Å². The molecule has 4 N–H and O–H groups in total. The summed E-state index contributed by atoms with van der Waals surface area (Å²) in [5.41, 5.74) is 4.14. The lowest BCUT2D eigenvalue weighted by atomic mass is 9.85. The molecule has 4 atom stereocenters. The number of rotatable bonds is 14. The van der Waals surface area contributed by atoms with Crippen LogP contribution in [0, 0.1) is 12.3 Å². The number of nitrogens with one attached hydrogen (secondary N) is 2. The number of aryl methyl sites for hydroxylation is 1. The van der Waals surface area contributed by atoms with Crippen LogP contribution in [0.4, 0.5) is 0 Å². The number of unbranched alkanes of at least 4 members (excludes halogenated alkanes) is 4. The molecule has 1 aliphatic heterocycles. The number of carboxylic acid groups (broad SMARTS) is 1. The summed E-state index contributed by atoms with van der Waals surface area (Å²) in [4.78, 5) is 57.5. The largest absolute Gasteiger partial charge is 0.481 e. The molecule has 0 radical (unpaired) electrons. The highest BCUT2D eigenvalue weighted by Crippen LogP contribution is 2.29. The van der Waals surface area contributed by atoms with E-state index in [1.54, 1.807) is 11.3 Å². The smallest absolute Gasteiger partial charge is 0.303 e. The van der Waals surface area contributed by atoms with Gasteiger partial charge in [-0.05, 0) is 43.2 Å². The Kier molecular flexibility index (Phi) is 12.3. The van der Waals surface area contributed by atoms with Crippen LogP contribution >= 0.6 is 11.3 Å². The lowest BCUT2D eigenvalue weighted by Crippen LogP contribution is -2.57. The van der Waals surface area contributed by atoms with Crippen molar-refractivity contribution < 1.29 is 29.4 Å². The number of benzene rings is 1. The maximum absolute atomic E-state index is 13.8. The zero-order valence-corrected chi connectivity index (χ0v) is 26.7. The molecular formula is C32H46N4O6S. The van der Waals surface area contributed by atoms with Gasteiger partial charge in [0.2, 0.25) is 17.7 Å².